The van der Waals surface area contributed by atoms with E-state index in [4.69, 9.17) is 0 Å². The molecule has 0 aromatic heterocycles. The monoisotopic (exact) mass is 478 g/mol. The summed E-state index contributed by atoms with van der Waals surface area (Å²) < 4.78 is 24.7. The van der Waals surface area contributed by atoms with E-state index in [0.29, 0.717) is 31.7 Å². The number of ketones is 1. The van der Waals surface area contributed by atoms with Gasteiger partial charge in [0.25, 0.3) is 0 Å². The van der Waals surface area contributed by atoms with Crippen LogP contribution in [0.3, 0.4) is 0 Å². The maximum atomic E-state index is 12.4. The van der Waals surface area contributed by atoms with Gasteiger partial charge >= 0.3 is 51.4 Å². The molecule has 0 aliphatic carbocycles. The smallest absolute Gasteiger partial charge is 0.545 e. The molecule has 2 aromatic rings. The van der Waals surface area contributed by atoms with Crippen molar-refractivity contribution in [3.05, 3.63) is 77.4 Å². The Hall–Kier alpha value is -1.59. The first-order chi connectivity index (χ1) is 14.7. The maximum absolute atomic E-state index is 12.4. The number of rotatable bonds is 7. The molecule has 7 nitrogen and oxygen atoms in total. The van der Waals surface area contributed by atoms with Crippen molar-refractivity contribution in [2.75, 3.05) is 37.3 Å². The quantitative estimate of drug-likeness (QED) is 0.271. The van der Waals surface area contributed by atoms with Gasteiger partial charge in [0.2, 0.25) is 10.0 Å². The molecule has 0 bridgehead atoms. The van der Waals surface area contributed by atoms with Gasteiger partial charge in [-0.1, -0.05) is 36.4 Å². The summed E-state index contributed by atoms with van der Waals surface area (Å²) in [7, 11) is -3.16. The molecule has 0 N–H and O–H groups in total. The summed E-state index contributed by atoms with van der Waals surface area (Å²) in [6, 6.07) is 14.3. The number of piperazine rings is 1. The minimum atomic E-state index is -3.16. The number of nitrogens with zero attached hydrogens (tertiary/aromatic N) is 2. The first kappa shape index (κ1) is 26.7. The Kier molecular flexibility index (Phi) is 10.0. The topological polar surface area (TPSA) is 97.8 Å². The van der Waals surface area contributed by atoms with Gasteiger partial charge in [-0.05, 0) is 47.5 Å². The predicted octanol–water partition coefficient (Wildman–Crippen LogP) is -1.57. The minimum Gasteiger partial charge on any atom is -0.545 e. The van der Waals surface area contributed by atoms with Gasteiger partial charge in [0.1, 0.15) is 0 Å². The van der Waals surface area contributed by atoms with Crippen LogP contribution in [0.2, 0.25) is 0 Å². The molecule has 0 radical (unpaired) electrons. The van der Waals surface area contributed by atoms with Crippen LogP contribution in [-0.2, 0) is 14.8 Å². The van der Waals surface area contributed by atoms with Crippen molar-refractivity contribution in [3.8, 4) is 0 Å². The van der Waals surface area contributed by atoms with E-state index in [2.05, 4.69) is 4.90 Å². The Morgan fingerprint density at radius 2 is 1.34 bits per heavy atom. The van der Waals surface area contributed by atoms with Crippen LogP contribution in [0.1, 0.15) is 21.5 Å². The van der Waals surface area contributed by atoms with Crippen molar-refractivity contribution in [2.24, 2.45) is 0 Å². The molecule has 1 heterocycles. The molecular formula is C23H23KN2O5S. The SMILES string of the molecule is CS(=O)(=O)N1CCN(c2ccc(C(=O)/C=C/c3ccc(/C=C/C(=O)[O-])cc3)cc2)CC1.[K+]. The van der Waals surface area contributed by atoms with Gasteiger partial charge in [-0.2, -0.15) is 4.31 Å². The van der Waals surface area contributed by atoms with Crippen LogP contribution in [0, 0.1) is 0 Å². The summed E-state index contributed by atoms with van der Waals surface area (Å²) >= 11 is 0. The Morgan fingerprint density at radius 3 is 1.81 bits per heavy atom. The fourth-order valence-corrected chi connectivity index (χ4v) is 4.09. The van der Waals surface area contributed by atoms with E-state index in [1.165, 1.54) is 22.7 Å². The Morgan fingerprint density at radius 1 is 0.844 bits per heavy atom. The number of carbonyl (C=O) groups is 2. The fourth-order valence-electron chi connectivity index (χ4n) is 3.27. The van der Waals surface area contributed by atoms with E-state index >= 15 is 0 Å². The largest absolute Gasteiger partial charge is 1.00 e. The second kappa shape index (κ2) is 12.0. The standard InChI is InChI=1S/C23H24N2O5S.K/c1-31(29,30)25-16-14-24(15-17-25)21-10-8-20(9-11-21)22(26)12-6-18-2-4-19(5-3-18)7-13-23(27)28;/h2-13H,14-17H2,1H3,(H,27,28);/q;+1/p-1/b12-6+,13-7+;. The fraction of sp³-hybridized carbons (Fsp3) is 0.217. The summed E-state index contributed by atoms with van der Waals surface area (Å²) in [4.78, 5) is 25.0. The van der Waals surface area contributed by atoms with Crippen LogP contribution in [0.5, 0.6) is 0 Å². The summed E-state index contributed by atoms with van der Waals surface area (Å²) in [5, 5.41) is 10.4. The molecule has 0 unspecified atom stereocenters. The zero-order valence-corrected chi connectivity index (χ0v) is 22.0. The van der Waals surface area contributed by atoms with Crippen molar-refractivity contribution in [1.82, 2.24) is 4.31 Å². The van der Waals surface area contributed by atoms with Gasteiger partial charge in [-0.3, -0.25) is 4.79 Å². The second-order valence-corrected chi connectivity index (χ2v) is 9.20. The Bertz CT molecular complexity index is 1100. The van der Waals surface area contributed by atoms with Crippen LogP contribution < -0.4 is 61.4 Å². The van der Waals surface area contributed by atoms with Crippen molar-refractivity contribution in [1.29, 1.82) is 0 Å². The van der Waals surface area contributed by atoms with Crippen LogP contribution in [0.15, 0.2) is 60.7 Å². The minimum absolute atomic E-state index is 0. The third kappa shape index (κ3) is 7.77. The number of carboxylic acid groups (broad SMARTS) is 1. The van der Waals surface area contributed by atoms with Crippen LogP contribution >= 0.6 is 0 Å². The number of hydrogen-bond acceptors (Lipinski definition) is 6. The second-order valence-electron chi connectivity index (χ2n) is 7.21. The van der Waals surface area contributed by atoms with Crippen LogP contribution in [0.4, 0.5) is 5.69 Å². The average Bonchev–Trinajstić information content (AvgIpc) is 2.76. The molecule has 3 rings (SSSR count). The van der Waals surface area contributed by atoms with E-state index < -0.39 is 16.0 Å². The zero-order chi connectivity index (χ0) is 22.4. The van der Waals surface area contributed by atoms with Gasteiger partial charge in [-0.15, -0.1) is 0 Å². The van der Waals surface area contributed by atoms with E-state index in [1.807, 2.05) is 12.1 Å². The van der Waals surface area contributed by atoms with E-state index in [1.54, 1.807) is 42.5 Å². The van der Waals surface area contributed by atoms with E-state index in [0.717, 1.165) is 22.9 Å². The third-order valence-electron chi connectivity index (χ3n) is 5.00. The van der Waals surface area contributed by atoms with E-state index in [-0.39, 0.29) is 57.2 Å². The average molecular weight is 479 g/mol. The molecule has 1 saturated heterocycles. The van der Waals surface area contributed by atoms with Crippen LogP contribution in [-0.4, -0.2) is 56.9 Å². The number of sulfonamides is 1. The van der Waals surface area contributed by atoms with Gasteiger partial charge in [-0.25, -0.2) is 8.42 Å². The molecule has 162 valence electrons. The molecule has 1 aliphatic rings. The summed E-state index contributed by atoms with van der Waals surface area (Å²) in [6.45, 7) is 2.11. The predicted molar refractivity (Wildman–Crippen MR) is 119 cm³/mol. The Balaban J connectivity index is 0.00000363. The van der Waals surface area contributed by atoms with Gasteiger partial charge in [0, 0.05) is 37.4 Å². The number of carboxylic acids is 1. The number of anilines is 1. The maximum Gasteiger partial charge on any atom is 1.00 e. The molecule has 0 amide bonds. The summed E-state index contributed by atoms with van der Waals surface area (Å²) in [5.41, 5.74) is 3.05. The summed E-state index contributed by atoms with van der Waals surface area (Å²) in [5.74, 6) is -1.38. The molecule has 0 atom stereocenters. The van der Waals surface area contributed by atoms with Gasteiger partial charge < -0.3 is 14.8 Å². The first-order valence-corrected chi connectivity index (χ1v) is 11.6. The van der Waals surface area contributed by atoms with E-state index in [9.17, 15) is 23.1 Å². The number of benzene rings is 2. The number of aliphatic carboxylic acids is 1. The molecule has 0 spiro atoms. The molecule has 1 fully saturated rings. The van der Waals surface area contributed by atoms with Crippen LogP contribution in [0.25, 0.3) is 12.2 Å². The van der Waals surface area contributed by atoms with Crippen molar-refractivity contribution in [2.45, 2.75) is 0 Å². The normalized spacial score (nSPS) is 15.1. The molecule has 1 aliphatic heterocycles. The number of hydrogen-bond donors (Lipinski definition) is 0. The molecule has 32 heavy (non-hydrogen) atoms. The molecule has 9 heteroatoms. The third-order valence-corrected chi connectivity index (χ3v) is 6.30. The van der Waals surface area contributed by atoms with Crippen molar-refractivity contribution < 1.29 is 74.5 Å². The molecule has 0 saturated carbocycles. The van der Waals surface area contributed by atoms with Crippen molar-refractivity contribution in [3.63, 3.8) is 0 Å². The van der Waals surface area contributed by atoms with Gasteiger partial charge in [0.05, 0.1) is 12.2 Å². The number of allylic oxidation sites excluding steroid dienone is 1. The van der Waals surface area contributed by atoms with Gasteiger partial charge in [0.15, 0.2) is 5.78 Å². The Labute approximate surface area is 230 Å². The molecular weight excluding hydrogens is 455 g/mol. The number of carbonyl (C=O) groups excluding carboxylic acids is 2. The first-order valence-electron chi connectivity index (χ1n) is 9.74. The van der Waals surface area contributed by atoms with Crippen molar-refractivity contribution >= 4 is 39.6 Å². The molecule has 2 aromatic carbocycles. The summed E-state index contributed by atoms with van der Waals surface area (Å²) in [6.07, 6.45) is 6.82. The zero-order valence-electron chi connectivity index (χ0n) is 18.1.